The minimum Gasteiger partial charge on any atom is -0.396 e. The van der Waals surface area contributed by atoms with Gasteiger partial charge in [-0.1, -0.05) is 12.1 Å². The summed E-state index contributed by atoms with van der Waals surface area (Å²) in [6.07, 6.45) is 1.72. The number of anilines is 2. The molecule has 0 unspecified atom stereocenters. The van der Waals surface area contributed by atoms with Gasteiger partial charge in [0, 0.05) is 59.8 Å². The van der Waals surface area contributed by atoms with Crippen molar-refractivity contribution in [3.05, 3.63) is 66.4 Å². The van der Waals surface area contributed by atoms with Gasteiger partial charge in [-0.05, 0) is 42.5 Å². The number of nitrogens with one attached hydrogen (secondary N) is 2. The minimum atomic E-state index is 0.0619. The Labute approximate surface area is 185 Å². The van der Waals surface area contributed by atoms with Crippen molar-refractivity contribution in [2.45, 2.75) is 4.90 Å². The van der Waals surface area contributed by atoms with E-state index in [-0.39, 0.29) is 12.5 Å². The number of carbonyl (C=O) groups is 1. The minimum absolute atomic E-state index is 0.0619. The van der Waals surface area contributed by atoms with Crippen LogP contribution in [0.1, 0.15) is 10.4 Å². The highest BCUT2D eigenvalue weighted by molar-refractivity contribution is 7.99. The Bertz CT molecular complexity index is 1010. The van der Waals surface area contributed by atoms with E-state index >= 15 is 0 Å². The number of aliphatic hydroxyl groups excluding tert-OH is 1. The Morgan fingerprint density at radius 3 is 2.52 bits per heavy atom. The van der Waals surface area contributed by atoms with Gasteiger partial charge >= 0.3 is 0 Å². The van der Waals surface area contributed by atoms with E-state index in [9.17, 15) is 4.79 Å². The van der Waals surface area contributed by atoms with Gasteiger partial charge in [-0.15, -0.1) is 11.8 Å². The van der Waals surface area contributed by atoms with Crippen LogP contribution in [0.5, 0.6) is 0 Å². The van der Waals surface area contributed by atoms with E-state index in [1.54, 1.807) is 18.0 Å². The van der Waals surface area contributed by atoms with Crippen LogP contribution in [0, 0.1) is 0 Å². The number of hydrogen-bond donors (Lipinski definition) is 3. The molecule has 7 nitrogen and oxygen atoms in total. The third-order valence-electron chi connectivity index (χ3n) is 4.96. The molecule has 0 spiro atoms. The van der Waals surface area contributed by atoms with E-state index in [0.717, 1.165) is 48.0 Å². The summed E-state index contributed by atoms with van der Waals surface area (Å²) in [7, 11) is 0. The monoisotopic (exact) mass is 435 g/mol. The Morgan fingerprint density at radius 1 is 1.06 bits per heavy atom. The van der Waals surface area contributed by atoms with Gasteiger partial charge in [-0.3, -0.25) is 4.79 Å². The van der Waals surface area contributed by atoms with Gasteiger partial charge in [0.2, 0.25) is 5.95 Å². The molecule has 1 aliphatic rings. The maximum Gasteiger partial charge on any atom is 0.253 e. The first kappa shape index (κ1) is 21.3. The first-order valence-corrected chi connectivity index (χ1v) is 11.3. The van der Waals surface area contributed by atoms with Crippen molar-refractivity contribution in [2.24, 2.45) is 0 Å². The van der Waals surface area contributed by atoms with E-state index in [2.05, 4.69) is 20.6 Å². The second-order valence-electron chi connectivity index (χ2n) is 7.11. The Kier molecular flexibility index (Phi) is 7.14. The zero-order valence-electron chi connectivity index (χ0n) is 17.1. The zero-order valence-corrected chi connectivity index (χ0v) is 17.9. The molecule has 0 atom stereocenters. The highest BCUT2D eigenvalue weighted by Gasteiger charge is 2.17. The number of hydrogen-bond acceptors (Lipinski definition) is 7. The maximum absolute atomic E-state index is 12.6. The number of thioether (sulfide) groups is 1. The molecule has 2 aromatic carbocycles. The third-order valence-corrected chi connectivity index (χ3v) is 5.95. The first-order valence-electron chi connectivity index (χ1n) is 10.3. The number of aliphatic hydroxyl groups is 1. The molecule has 0 bridgehead atoms. The lowest BCUT2D eigenvalue weighted by Gasteiger charge is -2.27. The smallest absolute Gasteiger partial charge is 0.253 e. The molecule has 31 heavy (non-hydrogen) atoms. The molecule has 3 N–H and O–H groups in total. The topological polar surface area (TPSA) is 90.4 Å². The van der Waals surface area contributed by atoms with Crippen molar-refractivity contribution in [2.75, 3.05) is 43.9 Å². The molecule has 3 aromatic rings. The van der Waals surface area contributed by atoms with Gasteiger partial charge in [-0.25, -0.2) is 9.97 Å². The molecule has 8 heteroatoms. The largest absolute Gasteiger partial charge is 0.396 e. The molecular formula is C23H25N5O2S. The highest BCUT2D eigenvalue weighted by Crippen LogP contribution is 2.24. The molecule has 0 radical (unpaired) electrons. The van der Waals surface area contributed by atoms with Gasteiger partial charge in [0.15, 0.2) is 0 Å². The van der Waals surface area contributed by atoms with Crippen LogP contribution in [-0.2, 0) is 0 Å². The standard InChI is InChI=1S/C23H25N5O2S/c29-15-16-31-20-7-3-17(4-8-20)21-9-10-25-23(27-21)26-19-5-1-18(2-6-19)22(30)28-13-11-24-12-14-28/h1-10,24,29H,11-16H2,(H,25,26,27). The summed E-state index contributed by atoms with van der Waals surface area (Å²) < 4.78 is 0. The van der Waals surface area contributed by atoms with Crippen molar-refractivity contribution in [3.8, 4) is 11.3 Å². The molecule has 1 aromatic heterocycles. The van der Waals surface area contributed by atoms with Crippen molar-refractivity contribution in [1.82, 2.24) is 20.2 Å². The molecule has 2 heterocycles. The summed E-state index contributed by atoms with van der Waals surface area (Å²) in [5.41, 5.74) is 3.32. The van der Waals surface area contributed by atoms with E-state index in [1.807, 2.05) is 59.5 Å². The van der Waals surface area contributed by atoms with E-state index in [0.29, 0.717) is 17.3 Å². The SMILES string of the molecule is O=C(c1ccc(Nc2nccc(-c3ccc(SCCO)cc3)n2)cc1)N1CCNCC1. The van der Waals surface area contributed by atoms with Gasteiger partial charge in [0.05, 0.1) is 12.3 Å². The van der Waals surface area contributed by atoms with Crippen molar-refractivity contribution in [3.63, 3.8) is 0 Å². The second-order valence-corrected chi connectivity index (χ2v) is 8.27. The van der Waals surface area contributed by atoms with E-state index in [1.165, 1.54) is 0 Å². The van der Waals surface area contributed by atoms with Crippen LogP contribution in [0.2, 0.25) is 0 Å². The van der Waals surface area contributed by atoms with Crippen molar-refractivity contribution in [1.29, 1.82) is 0 Å². The molecule has 1 fully saturated rings. The van der Waals surface area contributed by atoms with E-state index in [4.69, 9.17) is 5.11 Å². The Hall–Kier alpha value is -2.94. The number of carbonyl (C=O) groups excluding carboxylic acids is 1. The van der Waals surface area contributed by atoms with Crippen LogP contribution in [0.25, 0.3) is 11.3 Å². The molecule has 0 saturated carbocycles. The number of amides is 1. The number of nitrogens with zero attached hydrogens (tertiary/aromatic N) is 3. The van der Waals surface area contributed by atoms with Gasteiger partial charge in [0.1, 0.15) is 0 Å². The Balaban J connectivity index is 1.42. The predicted octanol–water partition coefficient (Wildman–Crippen LogP) is 3.02. The van der Waals surface area contributed by atoms with Crippen LogP contribution in [0.3, 0.4) is 0 Å². The molecule has 0 aliphatic carbocycles. The normalized spacial score (nSPS) is 13.8. The molecule has 1 aliphatic heterocycles. The van der Waals surface area contributed by atoms with Gasteiger partial charge < -0.3 is 20.6 Å². The average molecular weight is 436 g/mol. The lowest BCUT2D eigenvalue weighted by atomic mass is 10.1. The second kappa shape index (κ2) is 10.4. The van der Waals surface area contributed by atoms with Gasteiger partial charge in [-0.2, -0.15) is 0 Å². The summed E-state index contributed by atoms with van der Waals surface area (Å²) >= 11 is 1.62. The van der Waals surface area contributed by atoms with Crippen molar-refractivity contribution >= 4 is 29.3 Å². The van der Waals surface area contributed by atoms with E-state index < -0.39 is 0 Å². The molecule has 1 saturated heterocycles. The highest BCUT2D eigenvalue weighted by atomic mass is 32.2. The lowest BCUT2D eigenvalue weighted by Crippen LogP contribution is -2.46. The average Bonchev–Trinajstić information content (AvgIpc) is 2.84. The Morgan fingerprint density at radius 2 is 1.81 bits per heavy atom. The fraction of sp³-hybridized carbons (Fsp3) is 0.261. The lowest BCUT2D eigenvalue weighted by molar-refractivity contribution is 0.0736. The third kappa shape index (κ3) is 5.61. The molecule has 1 amide bonds. The fourth-order valence-electron chi connectivity index (χ4n) is 3.34. The fourth-order valence-corrected chi connectivity index (χ4v) is 4.00. The van der Waals surface area contributed by atoms with Crippen LogP contribution >= 0.6 is 11.8 Å². The molecule has 160 valence electrons. The van der Waals surface area contributed by atoms with Crippen LogP contribution in [0.4, 0.5) is 11.6 Å². The quantitative estimate of drug-likeness (QED) is 0.492. The van der Waals surface area contributed by atoms with Crippen molar-refractivity contribution < 1.29 is 9.90 Å². The summed E-state index contributed by atoms with van der Waals surface area (Å²) in [4.78, 5) is 24.5. The summed E-state index contributed by atoms with van der Waals surface area (Å²) in [5, 5.41) is 15.4. The van der Waals surface area contributed by atoms with Crippen LogP contribution in [0.15, 0.2) is 65.7 Å². The summed E-state index contributed by atoms with van der Waals surface area (Å²) in [6, 6.07) is 17.4. The van der Waals surface area contributed by atoms with Crippen LogP contribution in [-0.4, -0.2) is 64.4 Å². The number of aromatic nitrogens is 2. The predicted molar refractivity (Wildman–Crippen MR) is 124 cm³/mol. The molecule has 4 rings (SSSR count). The number of piperazine rings is 1. The summed E-state index contributed by atoms with van der Waals surface area (Å²) in [5.74, 6) is 1.24. The maximum atomic E-state index is 12.6. The zero-order chi connectivity index (χ0) is 21.5. The summed E-state index contributed by atoms with van der Waals surface area (Å²) in [6.45, 7) is 3.31. The first-order chi connectivity index (χ1) is 15.2. The van der Waals surface area contributed by atoms with Crippen LogP contribution < -0.4 is 10.6 Å². The number of benzene rings is 2. The molecular weight excluding hydrogens is 410 g/mol. The van der Waals surface area contributed by atoms with Gasteiger partial charge in [0.25, 0.3) is 5.91 Å². The number of rotatable bonds is 7.